The van der Waals surface area contributed by atoms with Crippen LogP contribution in [0.4, 0.5) is 4.39 Å². The average molecular weight is 484 g/mol. The van der Waals surface area contributed by atoms with Crippen LogP contribution in [0.2, 0.25) is 0 Å². The zero-order valence-corrected chi connectivity index (χ0v) is 19.4. The highest BCUT2D eigenvalue weighted by molar-refractivity contribution is 7.89. The standard InChI is InChI=1S/C25H26FN3O4S/c26-21-10-6-11-22(17-21)33-25-20(9-7-13-27-25)18-28-24(30)19-8-5-12-23(16-19)34(31,32)29-14-3-1-2-4-15-29/h5-13,16-17H,1-4,14-15,18H2,(H,28,30). The lowest BCUT2D eigenvalue weighted by atomic mass is 10.2. The van der Waals surface area contributed by atoms with Crippen LogP contribution in [0.5, 0.6) is 11.6 Å². The van der Waals surface area contributed by atoms with E-state index in [1.807, 2.05) is 0 Å². The number of amides is 1. The minimum Gasteiger partial charge on any atom is -0.439 e. The van der Waals surface area contributed by atoms with Crippen LogP contribution in [0.15, 0.2) is 71.8 Å². The smallest absolute Gasteiger partial charge is 0.251 e. The molecule has 34 heavy (non-hydrogen) atoms. The largest absolute Gasteiger partial charge is 0.439 e. The minimum absolute atomic E-state index is 0.0976. The molecule has 1 amide bonds. The fourth-order valence-corrected chi connectivity index (χ4v) is 5.36. The zero-order valence-electron chi connectivity index (χ0n) is 18.6. The number of aromatic nitrogens is 1. The van der Waals surface area contributed by atoms with E-state index in [4.69, 9.17) is 4.74 Å². The Bertz CT molecular complexity index is 1260. The Morgan fingerprint density at radius 1 is 1.00 bits per heavy atom. The maximum Gasteiger partial charge on any atom is 0.251 e. The van der Waals surface area contributed by atoms with E-state index in [9.17, 15) is 17.6 Å². The van der Waals surface area contributed by atoms with Crippen molar-refractivity contribution in [2.24, 2.45) is 0 Å². The zero-order chi connectivity index (χ0) is 24.0. The summed E-state index contributed by atoms with van der Waals surface area (Å²) in [7, 11) is -3.66. The van der Waals surface area contributed by atoms with Crippen molar-refractivity contribution >= 4 is 15.9 Å². The van der Waals surface area contributed by atoms with E-state index in [1.54, 1.807) is 30.3 Å². The lowest BCUT2D eigenvalue weighted by molar-refractivity contribution is 0.0950. The predicted molar refractivity (Wildman–Crippen MR) is 126 cm³/mol. The summed E-state index contributed by atoms with van der Waals surface area (Å²) >= 11 is 0. The lowest BCUT2D eigenvalue weighted by Gasteiger charge is -2.20. The third kappa shape index (κ3) is 5.78. The molecule has 0 atom stereocenters. The number of nitrogens with zero attached hydrogens (tertiary/aromatic N) is 2. The summed E-state index contributed by atoms with van der Waals surface area (Å²) < 4.78 is 46.8. The minimum atomic E-state index is -3.66. The molecular formula is C25H26FN3O4S. The van der Waals surface area contributed by atoms with Gasteiger partial charge in [-0.1, -0.05) is 31.0 Å². The molecule has 0 bridgehead atoms. The third-order valence-electron chi connectivity index (χ3n) is 5.60. The molecule has 3 aromatic rings. The third-order valence-corrected chi connectivity index (χ3v) is 7.49. The number of rotatable bonds is 7. The van der Waals surface area contributed by atoms with Gasteiger partial charge in [-0.2, -0.15) is 4.31 Å². The van der Waals surface area contributed by atoms with Gasteiger partial charge in [-0.15, -0.1) is 0 Å². The number of carbonyl (C=O) groups is 1. The number of hydrogen-bond acceptors (Lipinski definition) is 5. The van der Waals surface area contributed by atoms with Crippen molar-refractivity contribution in [3.05, 3.63) is 83.8 Å². The van der Waals surface area contributed by atoms with E-state index < -0.39 is 21.7 Å². The molecule has 1 aliphatic rings. The first-order valence-corrected chi connectivity index (χ1v) is 12.6. The van der Waals surface area contributed by atoms with E-state index in [0.29, 0.717) is 18.7 Å². The van der Waals surface area contributed by atoms with Crippen molar-refractivity contribution < 1.29 is 22.3 Å². The summed E-state index contributed by atoms with van der Waals surface area (Å²) in [6, 6.07) is 15.2. The first kappa shape index (κ1) is 23.8. The quantitative estimate of drug-likeness (QED) is 0.534. The Labute approximate surface area is 198 Å². The van der Waals surface area contributed by atoms with Crippen LogP contribution in [0.1, 0.15) is 41.6 Å². The topological polar surface area (TPSA) is 88.6 Å². The summed E-state index contributed by atoms with van der Waals surface area (Å²) in [6.07, 6.45) is 5.26. The van der Waals surface area contributed by atoms with Gasteiger partial charge < -0.3 is 10.1 Å². The maximum atomic E-state index is 13.5. The molecule has 0 saturated carbocycles. The van der Waals surface area contributed by atoms with Gasteiger partial charge in [0.15, 0.2) is 0 Å². The molecule has 1 N–H and O–H groups in total. The summed E-state index contributed by atoms with van der Waals surface area (Å²) in [4.78, 5) is 17.1. The SMILES string of the molecule is O=C(NCc1cccnc1Oc1cccc(F)c1)c1cccc(S(=O)(=O)N2CCCCCC2)c1. The van der Waals surface area contributed by atoms with E-state index in [-0.39, 0.29) is 28.6 Å². The van der Waals surface area contributed by atoms with Crippen LogP contribution in [0.3, 0.4) is 0 Å². The lowest BCUT2D eigenvalue weighted by Crippen LogP contribution is -2.32. The molecule has 0 aliphatic carbocycles. The Balaban J connectivity index is 1.46. The van der Waals surface area contributed by atoms with Gasteiger partial charge in [0.1, 0.15) is 11.6 Å². The Hall–Kier alpha value is -3.30. The summed E-state index contributed by atoms with van der Waals surface area (Å²) in [6.45, 7) is 1.09. The maximum absolute atomic E-state index is 13.5. The highest BCUT2D eigenvalue weighted by Gasteiger charge is 2.25. The van der Waals surface area contributed by atoms with E-state index in [1.165, 1.54) is 40.8 Å². The van der Waals surface area contributed by atoms with Crippen LogP contribution >= 0.6 is 0 Å². The van der Waals surface area contributed by atoms with Crippen LogP contribution in [-0.2, 0) is 16.6 Å². The van der Waals surface area contributed by atoms with Gasteiger partial charge in [-0.3, -0.25) is 4.79 Å². The molecule has 1 saturated heterocycles. The molecule has 4 rings (SSSR count). The van der Waals surface area contributed by atoms with Crippen molar-refractivity contribution in [3.63, 3.8) is 0 Å². The number of ether oxygens (including phenoxy) is 1. The highest BCUT2D eigenvalue weighted by Crippen LogP contribution is 2.24. The molecule has 2 heterocycles. The predicted octanol–water partition coefficient (Wildman–Crippen LogP) is 4.51. The molecule has 7 nitrogen and oxygen atoms in total. The molecule has 178 valence electrons. The Morgan fingerprint density at radius 2 is 1.76 bits per heavy atom. The molecule has 0 unspecified atom stereocenters. The van der Waals surface area contributed by atoms with Gasteiger partial charge >= 0.3 is 0 Å². The number of carbonyl (C=O) groups excluding carboxylic acids is 1. The molecule has 1 aliphatic heterocycles. The summed E-state index contributed by atoms with van der Waals surface area (Å²) in [5, 5.41) is 2.78. The Kier molecular flexibility index (Phi) is 7.54. The number of benzene rings is 2. The van der Waals surface area contributed by atoms with Crippen molar-refractivity contribution in [3.8, 4) is 11.6 Å². The fourth-order valence-electron chi connectivity index (χ4n) is 3.80. The van der Waals surface area contributed by atoms with Crippen LogP contribution in [0.25, 0.3) is 0 Å². The van der Waals surface area contributed by atoms with Crippen molar-refractivity contribution in [1.29, 1.82) is 0 Å². The fraction of sp³-hybridized carbons (Fsp3) is 0.280. The second-order valence-electron chi connectivity index (χ2n) is 8.06. The number of halogens is 1. The number of nitrogens with one attached hydrogen (secondary N) is 1. The van der Waals surface area contributed by atoms with E-state index >= 15 is 0 Å². The van der Waals surface area contributed by atoms with Crippen molar-refractivity contribution in [2.45, 2.75) is 37.1 Å². The molecule has 0 radical (unpaired) electrons. The van der Waals surface area contributed by atoms with Gasteiger partial charge in [-0.05, 0) is 49.2 Å². The van der Waals surface area contributed by atoms with Gasteiger partial charge in [0, 0.05) is 43.0 Å². The van der Waals surface area contributed by atoms with Crippen LogP contribution in [0, 0.1) is 5.82 Å². The van der Waals surface area contributed by atoms with Crippen molar-refractivity contribution in [2.75, 3.05) is 13.1 Å². The summed E-state index contributed by atoms with van der Waals surface area (Å²) in [5.41, 5.74) is 0.834. The van der Waals surface area contributed by atoms with Gasteiger partial charge in [-0.25, -0.2) is 17.8 Å². The monoisotopic (exact) mass is 483 g/mol. The second-order valence-corrected chi connectivity index (χ2v) is 9.99. The van der Waals surface area contributed by atoms with Gasteiger partial charge in [0.2, 0.25) is 15.9 Å². The molecule has 2 aromatic carbocycles. The second kappa shape index (κ2) is 10.8. The molecule has 0 spiro atoms. The van der Waals surface area contributed by atoms with Crippen molar-refractivity contribution in [1.82, 2.24) is 14.6 Å². The highest BCUT2D eigenvalue weighted by atomic mass is 32.2. The first-order valence-electron chi connectivity index (χ1n) is 11.2. The number of pyridine rings is 1. The van der Waals surface area contributed by atoms with Crippen LogP contribution < -0.4 is 10.1 Å². The molecular weight excluding hydrogens is 457 g/mol. The summed E-state index contributed by atoms with van der Waals surface area (Å²) in [5.74, 6) is -0.324. The number of hydrogen-bond donors (Lipinski definition) is 1. The van der Waals surface area contributed by atoms with Crippen LogP contribution in [-0.4, -0.2) is 36.7 Å². The molecule has 1 fully saturated rings. The van der Waals surface area contributed by atoms with E-state index in [0.717, 1.165) is 25.7 Å². The van der Waals surface area contributed by atoms with Gasteiger partial charge in [0.05, 0.1) is 4.90 Å². The average Bonchev–Trinajstić information content (AvgIpc) is 3.14. The molecule has 1 aromatic heterocycles. The van der Waals surface area contributed by atoms with E-state index in [2.05, 4.69) is 10.3 Å². The Morgan fingerprint density at radius 3 is 2.53 bits per heavy atom. The number of sulfonamides is 1. The first-order chi connectivity index (χ1) is 16.4. The normalized spacial score (nSPS) is 14.9. The van der Waals surface area contributed by atoms with Gasteiger partial charge in [0.25, 0.3) is 5.91 Å². The molecule has 9 heteroatoms.